The Labute approximate surface area is 121 Å². The van der Waals surface area contributed by atoms with Gasteiger partial charge in [0.15, 0.2) is 0 Å². The van der Waals surface area contributed by atoms with Crippen molar-refractivity contribution in [3.05, 3.63) is 23.8 Å². The second kappa shape index (κ2) is 7.06. The largest absolute Gasteiger partial charge is 0.496 e. The topological polar surface area (TPSA) is 81.4 Å². The minimum absolute atomic E-state index is 0.0802. The Morgan fingerprint density at radius 3 is 2.45 bits per heavy atom. The van der Waals surface area contributed by atoms with Gasteiger partial charge in [-0.2, -0.15) is 0 Å². The van der Waals surface area contributed by atoms with Crippen LogP contribution >= 0.6 is 0 Å². The molecule has 0 saturated carbocycles. The average Bonchev–Trinajstić information content (AvgIpc) is 2.43. The van der Waals surface area contributed by atoms with Gasteiger partial charge in [0.2, 0.25) is 10.0 Å². The van der Waals surface area contributed by atoms with Gasteiger partial charge in [-0.1, -0.05) is 20.8 Å². The molecule has 6 heteroatoms. The van der Waals surface area contributed by atoms with E-state index in [9.17, 15) is 8.42 Å². The number of hydrogen-bond donors (Lipinski definition) is 2. The highest BCUT2D eigenvalue weighted by Gasteiger charge is 2.22. The molecule has 0 amide bonds. The van der Waals surface area contributed by atoms with Crippen LogP contribution in [0.1, 0.15) is 32.8 Å². The summed E-state index contributed by atoms with van der Waals surface area (Å²) in [7, 11) is -2.00. The fourth-order valence-electron chi connectivity index (χ4n) is 2.04. The number of benzene rings is 1. The summed E-state index contributed by atoms with van der Waals surface area (Å²) < 4.78 is 32.6. The Kier molecular flexibility index (Phi) is 5.98. The molecule has 0 aromatic heterocycles. The first-order chi connectivity index (χ1) is 9.35. The van der Waals surface area contributed by atoms with E-state index in [1.807, 2.05) is 20.8 Å². The molecule has 1 aromatic rings. The second-order valence-electron chi connectivity index (χ2n) is 5.06. The van der Waals surface area contributed by atoms with Gasteiger partial charge >= 0.3 is 0 Å². The maximum atomic E-state index is 12.4. The summed E-state index contributed by atoms with van der Waals surface area (Å²) in [5.74, 6) is 0.837. The number of sulfonamides is 1. The molecule has 1 rings (SSSR count). The van der Waals surface area contributed by atoms with E-state index >= 15 is 0 Å². The highest BCUT2D eigenvalue weighted by atomic mass is 32.2. The van der Waals surface area contributed by atoms with E-state index in [1.165, 1.54) is 13.2 Å². The van der Waals surface area contributed by atoms with E-state index < -0.39 is 10.0 Å². The minimum atomic E-state index is -3.54. The third-order valence-electron chi connectivity index (χ3n) is 3.33. The van der Waals surface area contributed by atoms with Gasteiger partial charge in [-0.15, -0.1) is 0 Å². The predicted molar refractivity (Wildman–Crippen MR) is 80.1 cm³/mol. The van der Waals surface area contributed by atoms with Crippen LogP contribution in [0.2, 0.25) is 0 Å². The van der Waals surface area contributed by atoms with Gasteiger partial charge in [0.05, 0.1) is 12.0 Å². The van der Waals surface area contributed by atoms with Crippen LogP contribution < -0.4 is 15.2 Å². The van der Waals surface area contributed by atoms with E-state index in [0.29, 0.717) is 11.3 Å². The molecule has 0 aliphatic heterocycles. The Morgan fingerprint density at radius 1 is 1.35 bits per heavy atom. The van der Waals surface area contributed by atoms with E-state index in [-0.39, 0.29) is 23.4 Å². The predicted octanol–water partition coefficient (Wildman–Crippen LogP) is 1.87. The van der Waals surface area contributed by atoms with Crippen molar-refractivity contribution in [2.45, 2.75) is 44.7 Å². The summed E-state index contributed by atoms with van der Waals surface area (Å²) in [5.41, 5.74) is 6.29. The number of nitrogens with one attached hydrogen (secondary N) is 1. The molecule has 1 atom stereocenters. The molecule has 0 aliphatic carbocycles. The lowest BCUT2D eigenvalue weighted by atomic mass is 10.0. The molecule has 0 bridgehead atoms. The van der Waals surface area contributed by atoms with Crippen molar-refractivity contribution < 1.29 is 13.2 Å². The zero-order valence-corrected chi connectivity index (χ0v) is 13.3. The summed E-state index contributed by atoms with van der Waals surface area (Å²) in [6.45, 7) is 6.19. The van der Waals surface area contributed by atoms with Crippen LogP contribution in [0.15, 0.2) is 23.1 Å². The standard InChI is InChI=1S/C14H24N2O3S/c1-5-13(10(2)3)16-20(17,18)12-6-7-14(19-4)11(8-12)9-15/h6-8,10,13,16H,5,9,15H2,1-4H3. The van der Waals surface area contributed by atoms with Gasteiger partial charge in [0.25, 0.3) is 0 Å². The number of hydrogen-bond acceptors (Lipinski definition) is 4. The third kappa shape index (κ3) is 3.94. The normalized spacial score (nSPS) is 13.5. The lowest BCUT2D eigenvalue weighted by Gasteiger charge is -2.21. The highest BCUT2D eigenvalue weighted by Crippen LogP contribution is 2.22. The first-order valence-electron chi connectivity index (χ1n) is 6.75. The number of ether oxygens (including phenoxy) is 1. The maximum Gasteiger partial charge on any atom is 0.240 e. The molecule has 0 heterocycles. The van der Waals surface area contributed by atoms with Crippen LogP contribution in [0.4, 0.5) is 0 Å². The van der Waals surface area contributed by atoms with E-state index in [1.54, 1.807) is 12.1 Å². The van der Waals surface area contributed by atoms with Crippen molar-refractivity contribution in [1.82, 2.24) is 4.72 Å². The molecule has 1 aromatic carbocycles. The smallest absolute Gasteiger partial charge is 0.240 e. The first-order valence-corrected chi connectivity index (χ1v) is 8.23. The summed E-state index contributed by atoms with van der Waals surface area (Å²) in [4.78, 5) is 0.220. The van der Waals surface area contributed by atoms with E-state index in [4.69, 9.17) is 10.5 Å². The second-order valence-corrected chi connectivity index (χ2v) is 6.77. The van der Waals surface area contributed by atoms with Crippen LogP contribution in [-0.2, 0) is 16.6 Å². The van der Waals surface area contributed by atoms with Crippen LogP contribution in [-0.4, -0.2) is 21.6 Å². The first kappa shape index (κ1) is 16.9. The summed E-state index contributed by atoms with van der Waals surface area (Å²) in [6, 6.07) is 4.65. The molecule has 1 unspecified atom stereocenters. The number of nitrogens with two attached hydrogens (primary N) is 1. The SMILES string of the molecule is CCC(NS(=O)(=O)c1ccc(OC)c(CN)c1)C(C)C. The van der Waals surface area contributed by atoms with Crippen molar-refractivity contribution >= 4 is 10.0 Å². The molecule has 5 nitrogen and oxygen atoms in total. The van der Waals surface area contributed by atoms with Gasteiger partial charge in [-0.3, -0.25) is 0 Å². The van der Waals surface area contributed by atoms with Crippen molar-refractivity contribution in [3.63, 3.8) is 0 Å². The van der Waals surface area contributed by atoms with E-state index in [0.717, 1.165) is 6.42 Å². The van der Waals surface area contributed by atoms with Gasteiger partial charge in [0, 0.05) is 18.2 Å². The Bertz CT molecular complexity index is 541. The number of methoxy groups -OCH3 is 1. The van der Waals surface area contributed by atoms with Crippen molar-refractivity contribution in [3.8, 4) is 5.75 Å². The van der Waals surface area contributed by atoms with Crippen molar-refractivity contribution in [1.29, 1.82) is 0 Å². The van der Waals surface area contributed by atoms with Crippen molar-refractivity contribution in [2.24, 2.45) is 11.7 Å². The highest BCUT2D eigenvalue weighted by molar-refractivity contribution is 7.89. The minimum Gasteiger partial charge on any atom is -0.496 e. The average molecular weight is 300 g/mol. The zero-order chi connectivity index (χ0) is 15.3. The van der Waals surface area contributed by atoms with Gasteiger partial charge in [-0.05, 0) is 30.5 Å². The molecular weight excluding hydrogens is 276 g/mol. The third-order valence-corrected chi connectivity index (χ3v) is 4.82. The molecular formula is C14H24N2O3S. The number of rotatable bonds is 7. The molecule has 114 valence electrons. The Balaban J connectivity index is 3.09. The molecule has 0 fully saturated rings. The van der Waals surface area contributed by atoms with E-state index in [2.05, 4.69) is 4.72 Å². The molecule has 0 saturated heterocycles. The maximum absolute atomic E-state index is 12.4. The molecule has 3 N–H and O–H groups in total. The van der Waals surface area contributed by atoms with Gasteiger partial charge in [-0.25, -0.2) is 13.1 Å². The fourth-order valence-corrected chi connectivity index (χ4v) is 3.56. The van der Waals surface area contributed by atoms with Crippen LogP contribution in [0.25, 0.3) is 0 Å². The quantitative estimate of drug-likeness (QED) is 0.805. The molecule has 20 heavy (non-hydrogen) atoms. The lowest BCUT2D eigenvalue weighted by molar-refractivity contribution is 0.409. The fraction of sp³-hybridized carbons (Fsp3) is 0.571. The lowest BCUT2D eigenvalue weighted by Crippen LogP contribution is -2.38. The summed E-state index contributed by atoms with van der Waals surface area (Å²) >= 11 is 0. The Morgan fingerprint density at radius 2 is 2.00 bits per heavy atom. The zero-order valence-electron chi connectivity index (χ0n) is 12.5. The van der Waals surface area contributed by atoms with Crippen molar-refractivity contribution in [2.75, 3.05) is 7.11 Å². The molecule has 0 radical (unpaired) electrons. The Hall–Kier alpha value is -1.11. The van der Waals surface area contributed by atoms with Gasteiger partial charge in [0.1, 0.15) is 5.75 Å². The molecule has 0 spiro atoms. The van der Waals surface area contributed by atoms with Crippen LogP contribution in [0.3, 0.4) is 0 Å². The summed E-state index contributed by atoms with van der Waals surface area (Å²) in [5, 5.41) is 0. The van der Waals surface area contributed by atoms with Crippen LogP contribution in [0, 0.1) is 5.92 Å². The summed E-state index contributed by atoms with van der Waals surface area (Å²) in [6.07, 6.45) is 0.747. The monoisotopic (exact) mass is 300 g/mol. The van der Waals surface area contributed by atoms with Gasteiger partial charge < -0.3 is 10.5 Å². The molecule has 0 aliphatic rings. The van der Waals surface area contributed by atoms with Crippen LogP contribution in [0.5, 0.6) is 5.75 Å².